The van der Waals surface area contributed by atoms with Crippen molar-refractivity contribution in [3.05, 3.63) is 24.2 Å². The summed E-state index contributed by atoms with van der Waals surface area (Å²) in [6, 6.07) is 1.99. The van der Waals surface area contributed by atoms with E-state index in [0.717, 1.165) is 29.6 Å². The summed E-state index contributed by atoms with van der Waals surface area (Å²) in [5.41, 5.74) is 7.51. The number of hydrogen-bond donors (Lipinski definition) is 1. The van der Waals surface area contributed by atoms with Gasteiger partial charge in [0, 0.05) is 18.5 Å². The Morgan fingerprint density at radius 3 is 3.00 bits per heavy atom. The van der Waals surface area contributed by atoms with Gasteiger partial charge >= 0.3 is 0 Å². The van der Waals surface area contributed by atoms with Crippen LogP contribution in [0.25, 0.3) is 10.9 Å². The summed E-state index contributed by atoms with van der Waals surface area (Å²) in [7, 11) is 0. The Hall–Kier alpha value is -1.42. The van der Waals surface area contributed by atoms with Crippen molar-refractivity contribution in [3.63, 3.8) is 0 Å². The van der Waals surface area contributed by atoms with Crippen LogP contribution >= 0.6 is 0 Å². The van der Waals surface area contributed by atoms with Gasteiger partial charge in [-0.25, -0.2) is 0 Å². The molecule has 0 aromatic carbocycles. The predicted octanol–water partition coefficient (Wildman–Crippen LogP) is 1.30. The first-order chi connectivity index (χ1) is 6.85. The number of nitrogens with zero attached hydrogens (tertiary/aromatic N) is 3. The minimum Gasteiger partial charge on any atom is -0.325 e. The quantitative estimate of drug-likeness (QED) is 0.793. The molecule has 0 aliphatic heterocycles. The van der Waals surface area contributed by atoms with E-state index in [1.165, 1.54) is 0 Å². The van der Waals surface area contributed by atoms with E-state index in [-0.39, 0.29) is 0 Å². The molecule has 0 aliphatic rings. The number of nitrogens with two attached hydrogens (primary N) is 1. The fourth-order valence-electron chi connectivity index (χ4n) is 1.52. The fraction of sp³-hybridized carbons (Fsp3) is 0.400. The number of fused-ring (bicyclic) bond motifs is 1. The van der Waals surface area contributed by atoms with Crippen LogP contribution < -0.4 is 5.73 Å². The molecule has 0 unspecified atom stereocenters. The van der Waals surface area contributed by atoms with Crippen molar-refractivity contribution in [1.29, 1.82) is 0 Å². The maximum Gasteiger partial charge on any atom is 0.0865 e. The fourth-order valence-corrected chi connectivity index (χ4v) is 1.52. The van der Waals surface area contributed by atoms with Crippen LogP contribution in [-0.2, 0) is 13.1 Å². The van der Waals surface area contributed by atoms with E-state index in [9.17, 15) is 0 Å². The van der Waals surface area contributed by atoms with Crippen LogP contribution in [0.15, 0.2) is 18.5 Å². The summed E-state index contributed by atoms with van der Waals surface area (Å²) in [5, 5.41) is 5.42. The van der Waals surface area contributed by atoms with Crippen molar-refractivity contribution in [2.24, 2.45) is 5.73 Å². The van der Waals surface area contributed by atoms with Crippen LogP contribution in [0.1, 0.15) is 19.0 Å². The first-order valence-corrected chi connectivity index (χ1v) is 4.85. The normalized spacial score (nSPS) is 11.0. The second-order valence-electron chi connectivity index (χ2n) is 3.31. The zero-order valence-corrected chi connectivity index (χ0v) is 8.27. The zero-order chi connectivity index (χ0) is 9.97. The first-order valence-electron chi connectivity index (χ1n) is 4.85. The summed E-state index contributed by atoms with van der Waals surface area (Å²) >= 11 is 0. The van der Waals surface area contributed by atoms with E-state index >= 15 is 0 Å². The van der Waals surface area contributed by atoms with Crippen molar-refractivity contribution in [3.8, 4) is 0 Å². The molecule has 2 aromatic heterocycles. The van der Waals surface area contributed by atoms with Crippen molar-refractivity contribution < 1.29 is 0 Å². The van der Waals surface area contributed by atoms with E-state index in [1.807, 2.05) is 23.1 Å². The Labute approximate surface area is 82.7 Å². The number of hydrogen-bond acceptors (Lipinski definition) is 3. The molecule has 0 saturated carbocycles. The summed E-state index contributed by atoms with van der Waals surface area (Å²) in [5.74, 6) is 0. The third kappa shape index (κ3) is 1.48. The van der Waals surface area contributed by atoms with E-state index in [1.54, 1.807) is 0 Å². The van der Waals surface area contributed by atoms with Gasteiger partial charge in [0.05, 0.1) is 23.6 Å². The summed E-state index contributed by atoms with van der Waals surface area (Å²) < 4.78 is 1.97. The molecule has 0 spiro atoms. The summed E-state index contributed by atoms with van der Waals surface area (Å²) in [6.07, 6.45) is 4.79. The van der Waals surface area contributed by atoms with Crippen molar-refractivity contribution in [2.45, 2.75) is 26.4 Å². The van der Waals surface area contributed by atoms with Crippen LogP contribution in [0.2, 0.25) is 0 Å². The Kier molecular flexibility index (Phi) is 2.45. The van der Waals surface area contributed by atoms with Gasteiger partial charge < -0.3 is 5.73 Å². The first kappa shape index (κ1) is 9.15. The molecule has 2 heterocycles. The van der Waals surface area contributed by atoms with E-state index in [4.69, 9.17) is 5.73 Å². The third-order valence-electron chi connectivity index (χ3n) is 2.23. The van der Waals surface area contributed by atoms with E-state index in [2.05, 4.69) is 17.0 Å². The third-order valence-corrected chi connectivity index (χ3v) is 2.23. The highest BCUT2D eigenvalue weighted by molar-refractivity contribution is 5.77. The lowest BCUT2D eigenvalue weighted by molar-refractivity contribution is 0.621. The van der Waals surface area contributed by atoms with Gasteiger partial charge in [-0.2, -0.15) is 5.10 Å². The van der Waals surface area contributed by atoms with Gasteiger partial charge in [-0.1, -0.05) is 6.92 Å². The van der Waals surface area contributed by atoms with E-state index < -0.39 is 0 Å². The Morgan fingerprint density at radius 1 is 1.43 bits per heavy atom. The highest BCUT2D eigenvalue weighted by Crippen LogP contribution is 2.13. The molecule has 4 heteroatoms. The molecule has 0 amide bonds. The molecular formula is C10H14N4. The van der Waals surface area contributed by atoms with Crippen LogP contribution in [0, 0.1) is 0 Å². The topological polar surface area (TPSA) is 56.7 Å². The van der Waals surface area contributed by atoms with Crippen molar-refractivity contribution in [1.82, 2.24) is 14.8 Å². The molecule has 0 fully saturated rings. The second kappa shape index (κ2) is 3.75. The molecule has 0 bridgehead atoms. The Morgan fingerprint density at radius 2 is 2.29 bits per heavy atom. The number of pyridine rings is 1. The maximum atomic E-state index is 5.52. The molecule has 2 rings (SSSR count). The monoisotopic (exact) mass is 190 g/mol. The van der Waals surface area contributed by atoms with Crippen LogP contribution in [0.5, 0.6) is 0 Å². The number of aryl methyl sites for hydroxylation is 1. The average Bonchev–Trinajstić information content (AvgIpc) is 2.61. The van der Waals surface area contributed by atoms with Gasteiger partial charge in [0.1, 0.15) is 0 Å². The lowest BCUT2D eigenvalue weighted by atomic mass is 10.2. The average molecular weight is 190 g/mol. The largest absolute Gasteiger partial charge is 0.325 e. The molecule has 14 heavy (non-hydrogen) atoms. The smallest absolute Gasteiger partial charge is 0.0865 e. The molecule has 4 nitrogen and oxygen atoms in total. The second-order valence-corrected chi connectivity index (χ2v) is 3.31. The molecule has 0 atom stereocenters. The van der Waals surface area contributed by atoms with Gasteiger partial charge in [0.2, 0.25) is 0 Å². The van der Waals surface area contributed by atoms with Gasteiger partial charge in [0.15, 0.2) is 0 Å². The summed E-state index contributed by atoms with van der Waals surface area (Å²) in [4.78, 5) is 4.25. The van der Waals surface area contributed by atoms with Crippen LogP contribution in [0.4, 0.5) is 0 Å². The lowest BCUT2D eigenvalue weighted by Crippen LogP contribution is -2.01. The molecule has 0 saturated heterocycles. The Balaban J connectivity index is 2.48. The standard InChI is InChI=1S/C10H14N4/c1-2-3-14-10-7-12-9(5-11)4-8(10)6-13-14/h4,6-7H,2-3,5,11H2,1H3. The SMILES string of the molecule is CCCn1ncc2cc(CN)ncc21. The molecule has 2 N–H and O–H groups in total. The lowest BCUT2D eigenvalue weighted by Gasteiger charge is -2.00. The maximum absolute atomic E-state index is 5.52. The van der Waals surface area contributed by atoms with Gasteiger partial charge in [0.25, 0.3) is 0 Å². The molecule has 0 radical (unpaired) electrons. The number of rotatable bonds is 3. The van der Waals surface area contributed by atoms with Gasteiger partial charge in [-0.15, -0.1) is 0 Å². The highest BCUT2D eigenvalue weighted by atomic mass is 15.3. The summed E-state index contributed by atoms with van der Waals surface area (Å²) in [6.45, 7) is 3.55. The van der Waals surface area contributed by atoms with Gasteiger partial charge in [-0.05, 0) is 12.5 Å². The molecule has 2 aromatic rings. The minimum absolute atomic E-state index is 0.481. The molecule has 0 aliphatic carbocycles. The molecule has 74 valence electrons. The van der Waals surface area contributed by atoms with E-state index in [0.29, 0.717) is 6.54 Å². The number of aromatic nitrogens is 3. The minimum atomic E-state index is 0.481. The van der Waals surface area contributed by atoms with Crippen LogP contribution in [-0.4, -0.2) is 14.8 Å². The van der Waals surface area contributed by atoms with Crippen LogP contribution in [0.3, 0.4) is 0 Å². The Bertz CT molecular complexity index is 433. The molecular weight excluding hydrogens is 176 g/mol. The zero-order valence-electron chi connectivity index (χ0n) is 8.27. The van der Waals surface area contributed by atoms with Crippen molar-refractivity contribution in [2.75, 3.05) is 0 Å². The van der Waals surface area contributed by atoms with Crippen molar-refractivity contribution >= 4 is 10.9 Å². The highest BCUT2D eigenvalue weighted by Gasteiger charge is 2.02. The van der Waals surface area contributed by atoms with Gasteiger partial charge in [-0.3, -0.25) is 9.67 Å². The predicted molar refractivity (Wildman–Crippen MR) is 55.7 cm³/mol.